The van der Waals surface area contributed by atoms with Gasteiger partial charge in [-0.15, -0.1) is 0 Å². The van der Waals surface area contributed by atoms with E-state index in [-0.39, 0.29) is 0 Å². The van der Waals surface area contributed by atoms with Crippen molar-refractivity contribution in [1.29, 1.82) is 0 Å². The molecule has 0 fully saturated rings. The second kappa shape index (κ2) is 5.37. The molecule has 0 spiro atoms. The Morgan fingerprint density at radius 3 is 2.57 bits per heavy atom. The van der Waals surface area contributed by atoms with E-state index in [0.717, 1.165) is 17.4 Å². The van der Waals surface area contributed by atoms with Crippen LogP contribution in [0, 0.1) is 0 Å². The number of hydrogen-bond acceptors (Lipinski definition) is 2. The maximum absolute atomic E-state index is 3.58. The molecular weight excluding hydrogens is 240 g/mol. The molecule has 0 amide bonds. The van der Waals surface area contributed by atoms with Gasteiger partial charge in [-0.3, -0.25) is 0 Å². The van der Waals surface area contributed by atoms with E-state index in [0.29, 0.717) is 0 Å². The van der Waals surface area contributed by atoms with Gasteiger partial charge in [-0.2, -0.15) is 0 Å². The lowest BCUT2D eigenvalue weighted by molar-refractivity contribution is 0.791. The lowest BCUT2D eigenvalue weighted by Crippen LogP contribution is -2.11. The molecule has 0 saturated carbocycles. The van der Waals surface area contributed by atoms with Gasteiger partial charge < -0.3 is 10.2 Å². The smallest absolute Gasteiger partial charge is 0.0505 e. The molecule has 0 heterocycles. The summed E-state index contributed by atoms with van der Waals surface area (Å²) in [5, 5.41) is 3.15. The molecular formula is C11H17BrN2. The summed E-state index contributed by atoms with van der Waals surface area (Å²) in [5.41, 5.74) is 2.58. The number of hydrogen-bond donors (Lipinski definition) is 1. The van der Waals surface area contributed by atoms with Crippen LogP contribution in [0.15, 0.2) is 22.7 Å². The molecule has 1 aromatic rings. The fourth-order valence-electron chi connectivity index (χ4n) is 1.34. The van der Waals surface area contributed by atoms with E-state index in [2.05, 4.69) is 44.3 Å². The van der Waals surface area contributed by atoms with Gasteiger partial charge in [-0.05, 0) is 53.6 Å². The van der Waals surface area contributed by atoms with E-state index in [1.807, 2.05) is 21.1 Å². The van der Waals surface area contributed by atoms with Gasteiger partial charge >= 0.3 is 0 Å². The Kier molecular flexibility index (Phi) is 4.42. The van der Waals surface area contributed by atoms with Crippen LogP contribution in [0.2, 0.25) is 0 Å². The van der Waals surface area contributed by atoms with Gasteiger partial charge in [0, 0.05) is 18.6 Å². The van der Waals surface area contributed by atoms with Crippen molar-refractivity contribution in [1.82, 2.24) is 5.32 Å². The topological polar surface area (TPSA) is 15.3 Å². The predicted molar refractivity (Wildman–Crippen MR) is 66.1 cm³/mol. The second-order valence-corrected chi connectivity index (χ2v) is 4.39. The van der Waals surface area contributed by atoms with Crippen molar-refractivity contribution in [2.75, 3.05) is 32.6 Å². The van der Waals surface area contributed by atoms with Crippen LogP contribution in [0.1, 0.15) is 5.56 Å². The highest BCUT2D eigenvalue weighted by molar-refractivity contribution is 9.10. The van der Waals surface area contributed by atoms with Gasteiger partial charge in [-0.1, -0.05) is 6.07 Å². The molecule has 1 rings (SSSR count). The number of likely N-dealkylation sites (N-methyl/N-ethyl adjacent to an activating group) is 1. The van der Waals surface area contributed by atoms with Crippen LogP contribution in [0.5, 0.6) is 0 Å². The van der Waals surface area contributed by atoms with E-state index in [1.165, 1.54) is 11.3 Å². The minimum Gasteiger partial charge on any atom is -0.377 e. The molecule has 0 aliphatic heterocycles. The predicted octanol–water partition coefficient (Wildman–Crippen LogP) is 2.28. The van der Waals surface area contributed by atoms with Crippen molar-refractivity contribution < 1.29 is 0 Å². The zero-order valence-electron chi connectivity index (χ0n) is 8.97. The Morgan fingerprint density at radius 1 is 1.36 bits per heavy atom. The summed E-state index contributed by atoms with van der Waals surface area (Å²) >= 11 is 3.58. The van der Waals surface area contributed by atoms with Gasteiger partial charge in [0.05, 0.1) is 5.69 Å². The molecule has 14 heavy (non-hydrogen) atoms. The van der Waals surface area contributed by atoms with Gasteiger partial charge in [0.25, 0.3) is 0 Å². The van der Waals surface area contributed by atoms with Crippen molar-refractivity contribution in [3.05, 3.63) is 28.2 Å². The first kappa shape index (κ1) is 11.5. The summed E-state index contributed by atoms with van der Waals surface area (Å²) in [6.07, 6.45) is 1.07. The third kappa shape index (κ3) is 3.00. The van der Waals surface area contributed by atoms with E-state index < -0.39 is 0 Å². The van der Waals surface area contributed by atoms with Crippen molar-refractivity contribution in [2.45, 2.75) is 6.42 Å². The normalized spacial score (nSPS) is 10.3. The van der Waals surface area contributed by atoms with Crippen LogP contribution in [-0.2, 0) is 6.42 Å². The lowest BCUT2D eigenvalue weighted by Gasteiger charge is -2.15. The molecule has 0 atom stereocenters. The Balaban J connectivity index is 2.78. The molecule has 3 heteroatoms. The molecule has 0 radical (unpaired) electrons. The van der Waals surface area contributed by atoms with Gasteiger partial charge in [-0.25, -0.2) is 0 Å². The minimum absolute atomic E-state index is 1.02. The van der Waals surface area contributed by atoms with Crippen LogP contribution in [0.4, 0.5) is 5.69 Å². The zero-order chi connectivity index (χ0) is 10.6. The first-order valence-corrected chi connectivity index (χ1v) is 5.55. The number of rotatable bonds is 4. The summed E-state index contributed by atoms with van der Waals surface area (Å²) in [6, 6.07) is 6.51. The molecule has 78 valence electrons. The van der Waals surface area contributed by atoms with Crippen molar-refractivity contribution in [3.63, 3.8) is 0 Å². The molecule has 0 saturated heterocycles. The van der Waals surface area contributed by atoms with Gasteiger partial charge in [0.15, 0.2) is 0 Å². The molecule has 2 nitrogen and oxygen atoms in total. The number of nitrogens with zero attached hydrogens (tertiary/aromatic N) is 1. The second-order valence-electron chi connectivity index (χ2n) is 3.53. The highest BCUT2D eigenvalue weighted by Gasteiger charge is 2.02. The van der Waals surface area contributed by atoms with Crippen molar-refractivity contribution >= 4 is 21.6 Å². The van der Waals surface area contributed by atoms with Crippen LogP contribution < -0.4 is 10.2 Å². The zero-order valence-corrected chi connectivity index (χ0v) is 10.6. The summed E-state index contributed by atoms with van der Waals surface area (Å²) in [5.74, 6) is 0. The number of nitrogens with one attached hydrogen (secondary N) is 1. The fourth-order valence-corrected chi connectivity index (χ4v) is 2.12. The maximum Gasteiger partial charge on any atom is 0.0505 e. The molecule has 0 aliphatic carbocycles. The standard InChI is InChI=1S/C11H17BrN2/c1-13-7-6-9-4-5-11(14(2)3)10(12)8-9/h4-5,8,13H,6-7H2,1-3H3. The lowest BCUT2D eigenvalue weighted by atomic mass is 10.1. The fraction of sp³-hybridized carbons (Fsp3) is 0.455. The van der Waals surface area contributed by atoms with E-state index in [1.54, 1.807) is 0 Å². The van der Waals surface area contributed by atoms with E-state index in [4.69, 9.17) is 0 Å². The molecule has 0 unspecified atom stereocenters. The minimum atomic E-state index is 1.02. The number of halogens is 1. The number of benzene rings is 1. The maximum atomic E-state index is 3.58. The molecule has 0 aromatic heterocycles. The van der Waals surface area contributed by atoms with E-state index >= 15 is 0 Å². The Bertz CT molecular complexity index is 297. The first-order valence-electron chi connectivity index (χ1n) is 4.75. The van der Waals surface area contributed by atoms with Crippen molar-refractivity contribution in [3.8, 4) is 0 Å². The number of anilines is 1. The summed E-state index contributed by atoms with van der Waals surface area (Å²) in [4.78, 5) is 2.10. The molecule has 1 N–H and O–H groups in total. The molecule has 0 bridgehead atoms. The van der Waals surface area contributed by atoms with Crippen LogP contribution in [-0.4, -0.2) is 27.7 Å². The van der Waals surface area contributed by atoms with Gasteiger partial charge in [0.2, 0.25) is 0 Å². The Hall–Kier alpha value is -0.540. The Morgan fingerprint density at radius 2 is 2.07 bits per heavy atom. The van der Waals surface area contributed by atoms with Crippen molar-refractivity contribution in [2.24, 2.45) is 0 Å². The van der Waals surface area contributed by atoms with Crippen LogP contribution in [0.25, 0.3) is 0 Å². The average molecular weight is 257 g/mol. The largest absolute Gasteiger partial charge is 0.377 e. The third-order valence-electron chi connectivity index (χ3n) is 2.16. The quantitative estimate of drug-likeness (QED) is 0.890. The average Bonchev–Trinajstić information content (AvgIpc) is 2.14. The molecule has 0 aliphatic rings. The Labute approximate surface area is 94.4 Å². The van der Waals surface area contributed by atoms with Gasteiger partial charge in [0.1, 0.15) is 0 Å². The monoisotopic (exact) mass is 256 g/mol. The SMILES string of the molecule is CNCCc1ccc(N(C)C)c(Br)c1. The van der Waals surface area contributed by atoms with E-state index in [9.17, 15) is 0 Å². The summed E-state index contributed by atoms with van der Waals surface area (Å²) < 4.78 is 1.16. The highest BCUT2D eigenvalue weighted by atomic mass is 79.9. The first-order chi connectivity index (χ1) is 6.65. The van der Waals surface area contributed by atoms with Crippen LogP contribution in [0.3, 0.4) is 0 Å². The summed E-state index contributed by atoms with van der Waals surface area (Å²) in [6.45, 7) is 1.02. The highest BCUT2D eigenvalue weighted by Crippen LogP contribution is 2.25. The molecule has 1 aromatic carbocycles. The third-order valence-corrected chi connectivity index (χ3v) is 2.79. The van der Waals surface area contributed by atoms with Crippen LogP contribution >= 0.6 is 15.9 Å². The summed E-state index contributed by atoms with van der Waals surface area (Å²) in [7, 11) is 6.07.